The summed E-state index contributed by atoms with van der Waals surface area (Å²) in [7, 11) is 0. The number of amides is 1. The lowest BCUT2D eigenvalue weighted by molar-refractivity contribution is -0.130. The highest BCUT2D eigenvalue weighted by atomic mass is 32.2. The number of thioether (sulfide) groups is 1. The molecule has 0 aliphatic carbocycles. The largest absolute Gasteiger partial charge is 0.342 e. The highest BCUT2D eigenvalue weighted by Crippen LogP contribution is 2.23. The molecule has 1 aliphatic heterocycles. The Balaban J connectivity index is 1.69. The number of piperidine rings is 1. The molecule has 150 valence electrons. The predicted octanol–water partition coefficient (Wildman–Crippen LogP) is 4.04. The highest BCUT2D eigenvalue weighted by Gasteiger charge is 2.22. The van der Waals surface area contributed by atoms with Gasteiger partial charge in [0.2, 0.25) is 5.91 Å². The Morgan fingerprint density at radius 2 is 1.93 bits per heavy atom. The van der Waals surface area contributed by atoms with Crippen LogP contribution in [0.15, 0.2) is 58.5 Å². The fraction of sp³-hybridized carbons (Fsp3) is 0.348. The number of carbonyl (C=O) groups excluding carboxylic acids is 1. The van der Waals surface area contributed by atoms with E-state index in [0.29, 0.717) is 22.0 Å². The molecule has 2 heterocycles. The molecule has 1 aromatic heterocycles. The van der Waals surface area contributed by atoms with Gasteiger partial charge in [-0.2, -0.15) is 0 Å². The second-order valence-corrected chi connectivity index (χ2v) is 8.71. The van der Waals surface area contributed by atoms with E-state index in [9.17, 15) is 9.59 Å². The van der Waals surface area contributed by atoms with E-state index < -0.39 is 0 Å². The number of benzene rings is 2. The molecule has 2 aromatic carbocycles. The van der Waals surface area contributed by atoms with Crippen molar-refractivity contribution in [2.45, 2.75) is 31.8 Å². The maximum atomic E-state index is 13.2. The number of likely N-dealkylation sites (tertiary alicyclic amines) is 1. The van der Waals surface area contributed by atoms with E-state index in [4.69, 9.17) is 4.98 Å². The minimum atomic E-state index is -0.110. The fourth-order valence-electron chi connectivity index (χ4n) is 3.76. The van der Waals surface area contributed by atoms with Crippen LogP contribution in [0.3, 0.4) is 0 Å². The van der Waals surface area contributed by atoms with Crippen LogP contribution in [-0.2, 0) is 4.79 Å². The topological polar surface area (TPSA) is 55.2 Å². The maximum absolute atomic E-state index is 13.2. The van der Waals surface area contributed by atoms with Crippen molar-refractivity contribution in [2.24, 2.45) is 5.92 Å². The summed E-state index contributed by atoms with van der Waals surface area (Å²) in [5.41, 5.74) is 2.43. The van der Waals surface area contributed by atoms with Crippen LogP contribution in [0, 0.1) is 12.8 Å². The summed E-state index contributed by atoms with van der Waals surface area (Å²) in [6.07, 6.45) is 2.23. The van der Waals surface area contributed by atoms with Gasteiger partial charge in [0.15, 0.2) is 5.16 Å². The van der Waals surface area contributed by atoms with E-state index in [1.54, 1.807) is 10.6 Å². The summed E-state index contributed by atoms with van der Waals surface area (Å²) < 4.78 is 1.62. The molecule has 1 amide bonds. The Labute approximate surface area is 174 Å². The van der Waals surface area contributed by atoms with Crippen molar-refractivity contribution in [3.8, 4) is 5.69 Å². The number of carbonyl (C=O) groups is 1. The zero-order valence-corrected chi connectivity index (χ0v) is 17.6. The number of nitrogens with zero attached hydrogens (tertiary/aromatic N) is 3. The molecule has 1 aliphatic rings. The van der Waals surface area contributed by atoms with E-state index in [2.05, 4.69) is 6.92 Å². The predicted molar refractivity (Wildman–Crippen MR) is 118 cm³/mol. The summed E-state index contributed by atoms with van der Waals surface area (Å²) >= 11 is 1.34. The van der Waals surface area contributed by atoms with Crippen LogP contribution in [0.1, 0.15) is 25.3 Å². The molecule has 29 heavy (non-hydrogen) atoms. The van der Waals surface area contributed by atoms with Crippen LogP contribution in [0.5, 0.6) is 0 Å². The first-order valence-electron chi connectivity index (χ1n) is 10.0. The zero-order valence-electron chi connectivity index (χ0n) is 16.8. The number of aromatic nitrogens is 2. The van der Waals surface area contributed by atoms with E-state index in [1.807, 2.05) is 54.3 Å². The van der Waals surface area contributed by atoms with Gasteiger partial charge in [-0.05, 0) is 49.9 Å². The number of para-hydroxylation sites is 1. The molecule has 0 N–H and O–H groups in total. The van der Waals surface area contributed by atoms with Crippen molar-refractivity contribution in [1.29, 1.82) is 0 Å². The molecular formula is C23H25N3O2S. The first-order valence-corrected chi connectivity index (χ1v) is 11.0. The second kappa shape index (κ2) is 8.41. The Morgan fingerprint density at radius 1 is 1.17 bits per heavy atom. The zero-order chi connectivity index (χ0) is 20.4. The van der Waals surface area contributed by atoms with Gasteiger partial charge in [-0.1, -0.05) is 48.5 Å². The maximum Gasteiger partial charge on any atom is 0.266 e. The van der Waals surface area contributed by atoms with Gasteiger partial charge in [0, 0.05) is 13.1 Å². The van der Waals surface area contributed by atoms with Gasteiger partial charge in [-0.25, -0.2) is 4.98 Å². The first kappa shape index (κ1) is 19.7. The molecule has 4 rings (SSSR count). The molecule has 0 radical (unpaired) electrons. The van der Waals surface area contributed by atoms with Crippen LogP contribution in [-0.4, -0.2) is 39.2 Å². The van der Waals surface area contributed by atoms with Gasteiger partial charge >= 0.3 is 0 Å². The molecule has 3 aromatic rings. The third-order valence-corrected chi connectivity index (χ3v) is 6.29. The standard InChI is InChI=1S/C23H25N3O2S/c1-16-9-11-18(12-10-16)26-22(28)19-7-3-4-8-20(19)24-23(26)29-15-21(27)25-13-5-6-17(2)14-25/h3-4,7-12,17H,5-6,13-15H2,1-2H3. The molecule has 1 saturated heterocycles. The molecule has 0 bridgehead atoms. The highest BCUT2D eigenvalue weighted by molar-refractivity contribution is 7.99. The number of hydrogen-bond donors (Lipinski definition) is 0. The van der Waals surface area contributed by atoms with Crippen LogP contribution in [0.25, 0.3) is 16.6 Å². The quantitative estimate of drug-likeness (QED) is 0.484. The number of rotatable bonds is 4. The molecular weight excluding hydrogens is 382 g/mol. The van der Waals surface area contributed by atoms with E-state index >= 15 is 0 Å². The smallest absolute Gasteiger partial charge is 0.266 e. The van der Waals surface area contributed by atoms with Crippen LogP contribution < -0.4 is 5.56 Å². The lowest BCUT2D eigenvalue weighted by Gasteiger charge is -2.30. The number of hydrogen-bond acceptors (Lipinski definition) is 4. The Bertz CT molecular complexity index is 1090. The third kappa shape index (κ3) is 4.22. The molecule has 6 heteroatoms. The van der Waals surface area contributed by atoms with Crippen LogP contribution >= 0.6 is 11.8 Å². The minimum absolute atomic E-state index is 0.110. The summed E-state index contributed by atoms with van der Waals surface area (Å²) in [6.45, 7) is 5.83. The van der Waals surface area contributed by atoms with Crippen molar-refractivity contribution in [3.63, 3.8) is 0 Å². The normalized spacial score (nSPS) is 16.9. The van der Waals surface area contributed by atoms with Gasteiger partial charge in [-0.3, -0.25) is 14.2 Å². The van der Waals surface area contributed by atoms with Crippen LogP contribution in [0.2, 0.25) is 0 Å². The summed E-state index contributed by atoms with van der Waals surface area (Å²) in [5, 5.41) is 1.13. The Kier molecular flexibility index (Phi) is 5.72. The lowest BCUT2D eigenvalue weighted by atomic mass is 10.0. The number of aryl methyl sites for hydroxylation is 1. The van der Waals surface area contributed by atoms with Gasteiger partial charge in [0.25, 0.3) is 5.56 Å². The van der Waals surface area contributed by atoms with Crippen molar-refractivity contribution >= 4 is 28.6 Å². The van der Waals surface area contributed by atoms with E-state index in [-0.39, 0.29) is 17.2 Å². The second-order valence-electron chi connectivity index (χ2n) is 7.76. The molecule has 1 atom stereocenters. The van der Waals surface area contributed by atoms with Gasteiger partial charge < -0.3 is 4.90 Å². The van der Waals surface area contributed by atoms with Gasteiger partial charge in [0.1, 0.15) is 0 Å². The lowest BCUT2D eigenvalue weighted by Crippen LogP contribution is -2.40. The van der Waals surface area contributed by atoms with Crippen molar-refractivity contribution in [3.05, 3.63) is 64.4 Å². The van der Waals surface area contributed by atoms with Gasteiger partial charge in [0.05, 0.1) is 22.3 Å². The van der Waals surface area contributed by atoms with Crippen molar-refractivity contribution < 1.29 is 4.79 Å². The van der Waals surface area contributed by atoms with E-state index in [1.165, 1.54) is 18.2 Å². The molecule has 1 unspecified atom stereocenters. The average molecular weight is 408 g/mol. The molecule has 0 saturated carbocycles. The monoisotopic (exact) mass is 407 g/mol. The Morgan fingerprint density at radius 3 is 2.69 bits per heavy atom. The fourth-order valence-corrected chi connectivity index (χ4v) is 4.68. The van der Waals surface area contributed by atoms with Crippen molar-refractivity contribution in [1.82, 2.24) is 14.5 Å². The first-order chi connectivity index (χ1) is 14.0. The average Bonchev–Trinajstić information content (AvgIpc) is 2.73. The Hall–Kier alpha value is -2.60. The SMILES string of the molecule is Cc1ccc(-n2c(SCC(=O)N3CCCC(C)C3)nc3ccccc3c2=O)cc1. The molecule has 1 fully saturated rings. The third-order valence-electron chi connectivity index (χ3n) is 5.37. The molecule has 5 nitrogen and oxygen atoms in total. The summed E-state index contributed by atoms with van der Waals surface area (Å²) in [5.74, 6) is 0.935. The van der Waals surface area contributed by atoms with Gasteiger partial charge in [-0.15, -0.1) is 0 Å². The molecule has 0 spiro atoms. The van der Waals surface area contributed by atoms with Crippen molar-refractivity contribution in [2.75, 3.05) is 18.8 Å². The minimum Gasteiger partial charge on any atom is -0.342 e. The number of fused-ring (bicyclic) bond motifs is 1. The van der Waals surface area contributed by atoms with E-state index in [0.717, 1.165) is 30.8 Å². The summed E-state index contributed by atoms with van der Waals surface area (Å²) in [4.78, 5) is 32.6. The van der Waals surface area contributed by atoms with Crippen LogP contribution in [0.4, 0.5) is 0 Å². The summed E-state index contributed by atoms with van der Waals surface area (Å²) in [6, 6.07) is 15.2.